The van der Waals surface area contributed by atoms with Crippen LogP contribution in [0.1, 0.15) is 44.0 Å². The van der Waals surface area contributed by atoms with Crippen LogP contribution in [-0.2, 0) is 16.5 Å². The molecule has 2 saturated heterocycles. The molecule has 118 valence electrons. The highest BCUT2D eigenvalue weighted by Gasteiger charge is 2.30. The van der Waals surface area contributed by atoms with Crippen LogP contribution in [0.25, 0.3) is 0 Å². The normalized spacial score (nSPS) is 26.4. The van der Waals surface area contributed by atoms with Gasteiger partial charge in [0.1, 0.15) is 5.82 Å². The summed E-state index contributed by atoms with van der Waals surface area (Å²) in [6.07, 6.45) is 9.63. The minimum atomic E-state index is 0.331. The largest absolute Gasteiger partial charge is 0.381 e. The van der Waals surface area contributed by atoms with Crippen molar-refractivity contribution in [3.05, 3.63) is 18.2 Å². The van der Waals surface area contributed by atoms with Crippen LogP contribution < -0.4 is 5.32 Å². The SMILES string of the molecule is Cn1ccnc1[C@@H](N[C@H]1CCCOCC1)C1CCOCC1. The molecule has 1 N–H and O–H groups in total. The molecule has 2 aliphatic heterocycles. The maximum Gasteiger partial charge on any atom is 0.125 e. The predicted molar refractivity (Wildman–Crippen MR) is 81.1 cm³/mol. The van der Waals surface area contributed by atoms with Crippen LogP contribution in [0.2, 0.25) is 0 Å². The lowest BCUT2D eigenvalue weighted by Gasteiger charge is -2.33. The fourth-order valence-electron chi connectivity index (χ4n) is 3.47. The molecule has 5 nitrogen and oxygen atoms in total. The molecule has 3 heterocycles. The summed E-state index contributed by atoms with van der Waals surface area (Å²) in [5.74, 6) is 1.77. The van der Waals surface area contributed by atoms with Crippen LogP contribution in [0.3, 0.4) is 0 Å². The number of nitrogens with zero attached hydrogens (tertiary/aromatic N) is 2. The zero-order chi connectivity index (χ0) is 14.5. The van der Waals surface area contributed by atoms with Crippen molar-refractivity contribution in [2.45, 2.75) is 44.2 Å². The molecule has 0 spiro atoms. The van der Waals surface area contributed by atoms with Gasteiger partial charge in [-0.25, -0.2) is 4.98 Å². The number of hydrogen-bond donors (Lipinski definition) is 1. The first kappa shape index (κ1) is 15.0. The maximum atomic E-state index is 5.59. The lowest BCUT2D eigenvalue weighted by Crippen LogP contribution is -2.40. The Morgan fingerprint density at radius 2 is 1.90 bits per heavy atom. The monoisotopic (exact) mass is 293 g/mol. The van der Waals surface area contributed by atoms with Gasteiger partial charge in [0.15, 0.2) is 0 Å². The molecule has 2 fully saturated rings. The lowest BCUT2D eigenvalue weighted by atomic mass is 9.90. The molecule has 2 atom stereocenters. The number of rotatable bonds is 4. The third-order valence-electron chi connectivity index (χ3n) is 4.74. The molecule has 1 aromatic heterocycles. The van der Waals surface area contributed by atoms with Gasteiger partial charge in [-0.1, -0.05) is 0 Å². The van der Waals surface area contributed by atoms with E-state index in [1.54, 1.807) is 0 Å². The van der Waals surface area contributed by atoms with Gasteiger partial charge < -0.3 is 19.4 Å². The molecule has 3 rings (SSSR count). The Morgan fingerprint density at radius 1 is 1.14 bits per heavy atom. The summed E-state index contributed by atoms with van der Waals surface area (Å²) >= 11 is 0. The fraction of sp³-hybridized carbons (Fsp3) is 0.812. The van der Waals surface area contributed by atoms with Crippen LogP contribution in [0.5, 0.6) is 0 Å². The summed E-state index contributed by atoms with van der Waals surface area (Å²) in [7, 11) is 2.09. The van der Waals surface area contributed by atoms with Gasteiger partial charge in [0.05, 0.1) is 6.04 Å². The number of ether oxygens (including phenoxy) is 2. The van der Waals surface area contributed by atoms with Crippen molar-refractivity contribution < 1.29 is 9.47 Å². The topological polar surface area (TPSA) is 48.3 Å². The molecule has 5 heteroatoms. The Hall–Kier alpha value is -0.910. The molecule has 0 amide bonds. The van der Waals surface area contributed by atoms with Gasteiger partial charge in [0, 0.05) is 51.9 Å². The second-order valence-corrected chi connectivity index (χ2v) is 6.23. The van der Waals surface area contributed by atoms with E-state index < -0.39 is 0 Å². The highest BCUT2D eigenvalue weighted by atomic mass is 16.5. The third kappa shape index (κ3) is 3.84. The van der Waals surface area contributed by atoms with E-state index >= 15 is 0 Å². The van der Waals surface area contributed by atoms with Crippen molar-refractivity contribution in [2.75, 3.05) is 26.4 Å². The van der Waals surface area contributed by atoms with E-state index in [0.29, 0.717) is 18.0 Å². The minimum absolute atomic E-state index is 0.331. The fourth-order valence-corrected chi connectivity index (χ4v) is 3.47. The standard InChI is InChI=1S/C16H27N3O2/c1-19-8-7-17-16(19)15(13-4-10-21-11-5-13)18-14-3-2-9-20-12-6-14/h7-8,13-15,18H,2-6,9-12H2,1H3/t14-,15-/m0/s1. The van der Waals surface area contributed by atoms with Gasteiger partial charge in [-0.05, 0) is 38.0 Å². The molecule has 0 aromatic carbocycles. The molecule has 0 unspecified atom stereocenters. The first-order chi connectivity index (χ1) is 10.3. The smallest absolute Gasteiger partial charge is 0.125 e. The molecule has 2 aliphatic rings. The van der Waals surface area contributed by atoms with E-state index in [1.807, 2.05) is 12.4 Å². The Labute approximate surface area is 127 Å². The Bertz CT molecular complexity index is 421. The molecule has 21 heavy (non-hydrogen) atoms. The number of aromatic nitrogens is 2. The Kier molecular flexibility index (Phi) is 5.27. The average Bonchev–Trinajstić information content (AvgIpc) is 2.78. The summed E-state index contributed by atoms with van der Waals surface area (Å²) in [6.45, 7) is 3.53. The second kappa shape index (κ2) is 7.38. The summed E-state index contributed by atoms with van der Waals surface area (Å²) in [5, 5.41) is 3.89. The number of imidazole rings is 1. The van der Waals surface area contributed by atoms with Crippen molar-refractivity contribution in [1.82, 2.24) is 14.9 Å². The Balaban J connectivity index is 1.73. The zero-order valence-electron chi connectivity index (χ0n) is 13.0. The van der Waals surface area contributed by atoms with E-state index in [1.165, 1.54) is 6.42 Å². The molecule has 1 aromatic rings. The highest BCUT2D eigenvalue weighted by Crippen LogP contribution is 2.30. The van der Waals surface area contributed by atoms with Gasteiger partial charge >= 0.3 is 0 Å². The van der Waals surface area contributed by atoms with E-state index in [0.717, 1.165) is 57.9 Å². The quantitative estimate of drug-likeness (QED) is 0.923. The molecule has 0 bridgehead atoms. The van der Waals surface area contributed by atoms with Gasteiger partial charge in [-0.2, -0.15) is 0 Å². The maximum absolute atomic E-state index is 5.59. The molecular formula is C16H27N3O2. The first-order valence-corrected chi connectivity index (χ1v) is 8.23. The van der Waals surface area contributed by atoms with Crippen molar-refractivity contribution in [3.63, 3.8) is 0 Å². The summed E-state index contributed by atoms with van der Waals surface area (Å²) < 4.78 is 13.3. The summed E-state index contributed by atoms with van der Waals surface area (Å²) in [4.78, 5) is 4.61. The zero-order valence-corrected chi connectivity index (χ0v) is 13.0. The number of hydrogen-bond acceptors (Lipinski definition) is 4. The summed E-state index contributed by atoms with van der Waals surface area (Å²) in [5.41, 5.74) is 0. The first-order valence-electron chi connectivity index (χ1n) is 8.23. The van der Waals surface area contributed by atoms with E-state index in [2.05, 4.69) is 21.9 Å². The third-order valence-corrected chi connectivity index (χ3v) is 4.74. The van der Waals surface area contributed by atoms with E-state index in [4.69, 9.17) is 9.47 Å². The van der Waals surface area contributed by atoms with Crippen LogP contribution in [0.4, 0.5) is 0 Å². The van der Waals surface area contributed by atoms with E-state index in [9.17, 15) is 0 Å². The second-order valence-electron chi connectivity index (χ2n) is 6.23. The van der Waals surface area contributed by atoms with Crippen molar-refractivity contribution >= 4 is 0 Å². The van der Waals surface area contributed by atoms with Crippen molar-refractivity contribution in [1.29, 1.82) is 0 Å². The van der Waals surface area contributed by atoms with Crippen LogP contribution in [0.15, 0.2) is 12.4 Å². The van der Waals surface area contributed by atoms with E-state index in [-0.39, 0.29) is 0 Å². The van der Waals surface area contributed by atoms with Crippen molar-refractivity contribution in [2.24, 2.45) is 13.0 Å². The minimum Gasteiger partial charge on any atom is -0.381 e. The highest BCUT2D eigenvalue weighted by molar-refractivity contribution is 5.02. The number of nitrogens with one attached hydrogen (secondary N) is 1. The lowest BCUT2D eigenvalue weighted by molar-refractivity contribution is 0.0496. The van der Waals surface area contributed by atoms with Gasteiger partial charge in [-0.15, -0.1) is 0 Å². The Morgan fingerprint density at radius 3 is 2.67 bits per heavy atom. The molecular weight excluding hydrogens is 266 g/mol. The van der Waals surface area contributed by atoms with Crippen LogP contribution >= 0.6 is 0 Å². The number of aryl methyl sites for hydroxylation is 1. The predicted octanol–water partition coefficient (Wildman–Crippen LogP) is 2.05. The van der Waals surface area contributed by atoms with Crippen LogP contribution in [0, 0.1) is 5.92 Å². The molecule has 0 saturated carbocycles. The molecule has 0 radical (unpaired) electrons. The summed E-state index contributed by atoms with van der Waals surface area (Å²) in [6, 6.07) is 0.869. The van der Waals surface area contributed by atoms with Crippen molar-refractivity contribution in [3.8, 4) is 0 Å². The average molecular weight is 293 g/mol. The van der Waals surface area contributed by atoms with Gasteiger partial charge in [0.25, 0.3) is 0 Å². The van der Waals surface area contributed by atoms with Gasteiger partial charge in [0.2, 0.25) is 0 Å². The van der Waals surface area contributed by atoms with Gasteiger partial charge in [-0.3, -0.25) is 0 Å². The molecule has 0 aliphatic carbocycles. The van der Waals surface area contributed by atoms with Crippen LogP contribution in [-0.4, -0.2) is 42.0 Å².